The van der Waals surface area contributed by atoms with Crippen LogP contribution in [0.15, 0.2) is 83.4 Å². The zero-order chi connectivity index (χ0) is 23.9. The molecule has 5 aromatic rings. The van der Waals surface area contributed by atoms with Crippen LogP contribution in [0, 0.1) is 5.41 Å². The molecule has 0 bridgehead atoms. The highest BCUT2D eigenvalue weighted by Gasteiger charge is 2.23. The number of fused-ring (bicyclic) bond motifs is 3. The van der Waals surface area contributed by atoms with Crippen LogP contribution < -0.4 is 4.57 Å². The summed E-state index contributed by atoms with van der Waals surface area (Å²) < 4.78 is 8.91. The molecular weight excluding hydrogens is 414 g/mol. The highest BCUT2D eigenvalue weighted by Crippen LogP contribution is 2.39. The average molecular weight is 449 g/mol. The molecule has 2 nitrogen and oxygen atoms in total. The highest BCUT2D eigenvalue weighted by atomic mass is 16.3. The van der Waals surface area contributed by atoms with Crippen molar-refractivity contribution < 1.29 is 8.98 Å². The number of furan rings is 1. The number of aromatic nitrogens is 1. The highest BCUT2D eigenvalue weighted by molar-refractivity contribution is 6.10. The Morgan fingerprint density at radius 1 is 0.824 bits per heavy atom. The largest absolute Gasteiger partial charge is 0.455 e. The van der Waals surface area contributed by atoms with Gasteiger partial charge in [0.05, 0.1) is 5.56 Å². The van der Waals surface area contributed by atoms with Gasteiger partial charge in [-0.15, -0.1) is 0 Å². The van der Waals surface area contributed by atoms with Crippen LogP contribution in [-0.4, -0.2) is 0 Å². The third-order valence-corrected chi connectivity index (χ3v) is 6.56. The quantitative estimate of drug-likeness (QED) is 0.247. The lowest BCUT2D eigenvalue weighted by molar-refractivity contribution is -0.660. The summed E-state index contributed by atoms with van der Waals surface area (Å²) in [7, 11) is 2.14. The van der Waals surface area contributed by atoms with Gasteiger partial charge in [-0.2, -0.15) is 0 Å². The van der Waals surface area contributed by atoms with E-state index in [1.807, 2.05) is 0 Å². The van der Waals surface area contributed by atoms with Gasteiger partial charge >= 0.3 is 0 Å². The Hall–Kier alpha value is -3.39. The first kappa shape index (κ1) is 22.4. The third-order valence-electron chi connectivity index (χ3n) is 6.56. The Bertz CT molecular complexity index is 1470. The summed E-state index contributed by atoms with van der Waals surface area (Å²) in [6.45, 7) is 9.14. The SMILES string of the molecule is CCCc1ccc2c(oc3cc(-c4ccccc4)ccc32)c1-c1cc(CC(C)(C)C)cc[n+]1C. The summed E-state index contributed by atoms with van der Waals surface area (Å²) in [5, 5.41) is 2.36. The molecule has 0 aliphatic carbocycles. The number of aryl methyl sites for hydroxylation is 2. The van der Waals surface area contributed by atoms with Gasteiger partial charge in [0.15, 0.2) is 6.20 Å². The summed E-state index contributed by atoms with van der Waals surface area (Å²) >= 11 is 0. The van der Waals surface area contributed by atoms with E-state index in [-0.39, 0.29) is 5.41 Å². The van der Waals surface area contributed by atoms with Gasteiger partial charge in [-0.3, -0.25) is 0 Å². The van der Waals surface area contributed by atoms with Gasteiger partial charge in [-0.25, -0.2) is 4.57 Å². The molecule has 34 heavy (non-hydrogen) atoms. The molecule has 0 atom stereocenters. The number of pyridine rings is 1. The second-order valence-electron chi connectivity index (χ2n) is 10.7. The molecular formula is C32H34NO+. The summed E-state index contributed by atoms with van der Waals surface area (Å²) in [4.78, 5) is 0. The second-order valence-corrected chi connectivity index (χ2v) is 10.7. The molecule has 0 spiro atoms. The van der Waals surface area contributed by atoms with Crippen molar-refractivity contribution in [3.63, 3.8) is 0 Å². The van der Waals surface area contributed by atoms with Crippen molar-refractivity contribution in [2.45, 2.75) is 47.0 Å². The maximum atomic E-state index is 6.67. The van der Waals surface area contributed by atoms with Crippen molar-refractivity contribution in [3.8, 4) is 22.4 Å². The van der Waals surface area contributed by atoms with Crippen LogP contribution in [0.4, 0.5) is 0 Å². The van der Waals surface area contributed by atoms with Crippen molar-refractivity contribution >= 4 is 21.9 Å². The Balaban J connectivity index is 1.74. The van der Waals surface area contributed by atoms with Crippen LogP contribution in [0.3, 0.4) is 0 Å². The first-order valence-corrected chi connectivity index (χ1v) is 12.4. The van der Waals surface area contributed by atoms with Crippen molar-refractivity contribution in [2.75, 3.05) is 0 Å². The molecule has 0 unspecified atom stereocenters. The monoisotopic (exact) mass is 448 g/mol. The topological polar surface area (TPSA) is 17.0 Å². The molecule has 5 rings (SSSR count). The third kappa shape index (κ3) is 4.25. The predicted molar refractivity (Wildman–Crippen MR) is 143 cm³/mol. The van der Waals surface area contributed by atoms with Gasteiger partial charge < -0.3 is 4.42 Å². The van der Waals surface area contributed by atoms with Gasteiger partial charge in [0.2, 0.25) is 5.69 Å². The number of hydrogen-bond acceptors (Lipinski definition) is 1. The molecule has 0 fully saturated rings. The van der Waals surface area contributed by atoms with E-state index in [1.165, 1.54) is 44.3 Å². The van der Waals surface area contributed by atoms with Crippen molar-refractivity contribution in [3.05, 3.63) is 90.1 Å². The molecule has 0 saturated heterocycles. The molecule has 172 valence electrons. The fraction of sp³-hybridized carbons (Fsp3) is 0.281. The first-order chi connectivity index (χ1) is 16.3. The van der Waals surface area contributed by atoms with E-state index in [1.54, 1.807) is 0 Å². The second kappa shape index (κ2) is 8.76. The molecule has 0 N–H and O–H groups in total. The van der Waals surface area contributed by atoms with Crippen LogP contribution in [0.1, 0.15) is 45.2 Å². The minimum atomic E-state index is 0.239. The Morgan fingerprint density at radius 3 is 2.32 bits per heavy atom. The van der Waals surface area contributed by atoms with Crippen LogP contribution >= 0.6 is 0 Å². The molecule has 0 aliphatic heterocycles. The van der Waals surface area contributed by atoms with Crippen LogP contribution in [0.5, 0.6) is 0 Å². The van der Waals surface area contributed by atoms with Crippen LogP contribution in [0.2, 0.25) is 0 Å². The number of rotatable bonds is 5. The van der Waals surface area contributed by atoms with E-state index in [9.17, 15) is 0 Å². The maximum Gasteiger partial charge on any atom is 0.216 e. The summed E-state index contributed by atoms with van der Waals surface area (Å²) in [6.07, 6.45) is 5.37. The van der Waals surface area contributed by atoms with Crippen LogP contribution in [-0.2, 0) is 19.9 Å². The van der Waals surface area contributed by atoms with E-state index >= 15 is 0 Å². The molecule has 0 radical (unpaired) electrons. The van der Waals surface area contributed by atoms with Gasteiger partial charge in [-0.1, -0.05) is 82.6 Å². The van der Waals surface area contributed by atoms with Gasteiger partial charge in [0.1, 0.15) is 18.2 Å². The number of benzene rings is 3. The molecule has 0 amide bonds. The number of hydrogen-bond donors (Lipinski definition) is 0. The lowest BCUT2D eigenvalue weighted by Crippen LogP contribution is -2.31. The van der Waals surface area contributed by atoms with Crippen LogP contribution in [0.25, 0.3) is 44.3 Å². The lowest BCUT2D eigenvalue weighted by Gasteiger charge is -2.18. The van der Waals surface area contributed by atoms with Crippen molar-refractivity contribution in [2.24, 2.45) is 12.5 Å². The van der Waals surface area contributed by atoms with Gasteiger partial charge in [-0.05, 0) is 52.6 Å². The molecule has 0 aliphatic rings. The predicted octanol–water partition coefficient (Wildman–Crippen LogP) is 8.29. The molecule has 2 heteroatoms. The Kier molecular flexibility index (Phi) is 5.77. The Labute approximate surface area is 202 Å². The van der Waals surface area contributed by atoms with E-state index in [0.29, 0.717) is 0 Å². The number of nitrogens with zero attached hydrogens (tertiary/aromatic N) is 1. The van der Waals surface area contributed by atoms with E-state index in [4.69, 9.17) is 4.42 Å². The standard InChI is InChI=1S/C32H34NO/c1-6-10-24-13-16-27-26-15-14-25(23-11-8-7-9-12-23)20-29(26)34-31(27)30(24)28-19-22(17-18-33(28)5)21-32(2,3)4/h7-9,11-20H,6,10,21H2,1-5H3/q+1. The normalized spacial score (nSPS) is 12.0. The fourth-order valence-electron chi connectivity index (χ4n) is 5.03. The van der Waals surface area contributed by atoms with Gasteiger partial charge in [0, 0.05) is 22.9 Å². The first-order valence-electron chi connectivity index (χ1n) is 12.4. The fourth-order valence-corrected chi connectivity index (χ4v) is 5.03. The molecule has 3 aromatic carbocycles. The molecule has 2 aromatic heterocycles. The van der Waals surface area contributed by atoms with Crippen molar-refractivity contribution in [1.82, 2.24) is 0 Å². The smallest absolute Gasteiger partial charge is 0.216 e. The maximum absolute atomic E-state index is 6.67. The minimum Gasteiger partial charge on any atom is -0.455 e. The summed E-state index contributed by atoms with van der Waals surface area (Å²) in [5.41, 5.74) is 9.73. The molecule has 0 saturated carbocycles. The minimum absolute atomic E-state index is 0.239. The van der Waals surface area contributed by atoms with Crippen molar-refractivity contribution in [1.29, 1.82) is 0 Å². The summed E-state index contributed by atoms with van der Waals surface area (Å²) in [6, 6.07) is 26.3. The zero-order valence-electron chi connectivity index (χ0n) is 21.0. The molecule has 2 heterocycles. The van der Waals surface area contributed by atoms with E-state index in [2.05, 4.69) is 118 Å². The van der Waals surface area contributed by atoms with E-state index in [0.717, 1.165) is 30.4 Å². The zero-order valence-corrected chi connectivity index (χ0v) is 21.0. The Morgan fingerprint density at radius 2 is 1.59 bits per heavy atom. The van der Waals surface area contributed by atoms with E-state index < -0.39 is 0 Å². The average Bonchev–Trinajstić information content (AvgIpc) is 3.18. The summed E-state index contributed by atoms with van der Waals surface area (Å²) in [5.74, 6) is 0. The van der Waals surface area contributed by atoms with Gasteiger partial charge in [0.25, 0.3) is 0 Å². The lowest BCUT2D eigenvalue weighted by atomic mass is 9.87.